The third kappa shape index (κ3) is 1.80. The normalized spacial score (nSPS) is 38.8. The molecular weight excluding hydrogens is 290 g/mol. The summed E-state index contributed by atoms with van der Waals surface area (Å²) in [6, 6.07) is 0.0258. The van der Waals surface area contributed by atoms with Gasteiger partial charge in [-0.05, 0) is 22.7 Å². The Hall–Kier alpha value is -1.13. The fraction of sp³-hybridized carbons (Fsp3) is 0.611. The minimum atomic E-state index is -2.60. The van der Waals surface area contributed by atoms with Gasteiger partial charge >= 0.3 is 0 Å². The number of hydrogen-bond donors (Lipinski definition) is 0. The molecule has 2 atom stereocenters. The number of fused-ring (bicyclic) bond motifs is 3. The molecule has 3 heterocycles. The summed E-state index contributed by atoms with van der Waals surface area (Å²) >= 11 is 0. The first-order valence-electron chi connectivity index (χ1n) is 9.58. The third-order valence-electron chi connectivity index (χ3n) is 5.58. The molecule has 120 valence electrons. The standard InChI is InChI=1S/C18H27NO2Si/c1-12(2)22(13(3)4)16-10-14(5)9-15-7-8-18(16,11-21-22)17(20)19(15)6/h7-8,10,12-13,15H,5,9,11H2,1-4,6H3/b16-10+/i5D2,10D. The molecule has 4 heteroatoms. The van der Waals surface area contributed by atoms with Crippen molar-refractivity contribution in [2.24, 2.45) is 5.41 Å². The molecule has 3 nitrogen and oxygen atoms in total. The number of nitrogens with zero attached hydrogens (tertiary/aromatic N) is 1. The SMILES string of the molecule is [2H]C([2H])=C1CC2C=CC3(CO[Si](C(C)C)(C(C)C)/C3=C/1[2H])C(=O)N2C. The lowest BCUT2D eigenvalue weighted by molar-refractivity contribution is -0.139. The van der Waals surface area contributed by atoms with Crippen LogP contribution in [-0.4, -0.2) is 38.8 Å². The van der Waals surface area contributed by atoms with Crippen LogP contribution in [0.15, 0.2) is 35.5 Å². The molecule has 0 aromatic carbocycles. The number of hydrogen-bond acceptors (Lipinski definition) is 2. The maximum absolute atomic E-state index is 13.3. The van der Waals surface area contributed by atoms with E-state index in [-0.39, 0.29) is 42.2 Å². The molecule has 0 radical (unpaired) electrons. The molecule has 0 saturated carbocycles. The molecule has 1 fully saturated rings. The average molecular weight is 321 g/mol. The van der Waals surface area contributed by atoms with E-state index in [2.05, 4.69) is 27.7 Å². The van der Waals surface area contributed by atoms with Crippen LogP contribution in [0.3, 0.4) is 0 Å². The second-order valence-corrected chi connectivity index (χ2v) is 12.1. The van der Waals surface area contributed by atoms with Gasteiger partial charge in [-0.25, -0.2) is 0 Å². The van der Waals surface area contributed by atoms with E-state index in [1.54, 1.807) is 11.9 Å². The smallest absolute Gasteiger partial charge is 0.239 e. The topological polar surface area (TPSA) is 29.5 Å². The lowest BCUT2D eigenvalue weighted by Gasteiger charge is -2.43. The first-order valence-corrected chi connectivity index (χ1v) is 10.1. The van der Waals surface area contributed by atoms with E-state index in [0.29, 0.717) is 12.0 Å². The average Bonchev–Trinajstić information content (AvgIpc) is 2.86. The summed E-state index contributed by atoms with van der Waals surface area (Å²) in [6.07, 6.45) is 4.30. The Morgan fingerprint density at radius 2 is 2.18 bits per heavy atom. The number of carbonyl (C=O) groups excluding carboxylic acids is 1. The quantitative estimate of drug-likeness (QED) is 0.575. The number of likely N-dealkylation sites (N-methyl/N-ethyl adjacent to an activating group) is 1. The van der Waals surface area contributed by atoms with E-state index in [1.165, 1.54) is 0 Å². The van der Waals surface area contributed by atoms with Crippen LogP contribution in [0.1, 0.15) is 38.2 Å². The molecule has 4 rings (SSSR count). The lowest BCUT2D eigenvalue weighted by Crippen LogP contribution is -2.53. The highest BCUT2D eigenvalue weighted by molar-refractivity contribution is 6.84. The summed E-state index contributed by atoms with van der Waals surface area (Å²) in [5.41, 5.74) is -0.0969. The second-order valence-electron chi connectivity index (χ2n) is 7.39. The molecule has 2 unspecified atom stereocenters. The third-order valence-corrected chi connectivity index (χ3v) is 11.0. The molecule has 1 aliphatic carbocycles. The van der Waals surface area contributed by atoms with E-state index >= 15 is 0 Å². The Labute approximate surface area is 139 Å². The van der Waals surface area contributed by atoms with Gasteiger partial charge in [-0.1, -0.05) is 58.0 Å². The van der Waals surface area contributed by atoms with Gasteiger partial charge in [0.05, 0.1) is 16.8 Å². The Morgan fingerprint density at radius 1 is 1.50 bits per heavy atom. The van der Waals surface area contributed by atoms with Crippen LogP contribution in [0, 0.1) is 5.41 Å². The van der Waals surface area contributed by atoms with Crippen molar-refractivity contribution in [3.63, 3.8) is 0 Å². The van der Waals surface area contributed by atoms with Gasteiger partial charge in [0.2, 0.25) is 14.2 Å². The molecule has 1 saturated heterocycles. The van der Waals surface area contributed by atoms with E-state index in [4.69, 9.17) is 8.54 Å². The first kappa shape index (κ1) is 12.3. The highest BCUT2D eigenvalue weighted by Crippen LogP contribution is 2.55. The summed E-state index contributed by atoms with van der Waals surface area (Å²) in [6.45, 7) is 8.40. The van der Waals surface area contributed by atoms with Crippen LogP contribution in [0.2, 0.25) is 11.1 Å². The van der Waals surface area contributed by atoms with Crippen LogP contribution >= 0.6 is 0 Å². The minimum absolute atomic E-state index is 0.00835. The van der Waals surface area contributed by atoms with Gasteiger partial charge in [-0.3, -0.25) is 4.79 Å². The van der Waals surface area contributed by atoms with Gasteiger partial charge in [0.1, 0.15) is 5.41 Å². The summed E-state index contributed by atoms with van der Waals surface area (Å²) in [7, 11) is -0.822. The van der Waals surface area contributed by atoms with Gasteiger partial charge in [0.15, 0.2) is 0 Å². The van der Waals surface area contributed by atoms with Crippen molar-refractivity contribution < 1.29 is 13.3 Å². The van der Waals surface area contributed by atoms with Gasteiger partial charge in [-0.15, -0.1) is 0 Å². The lowest BCUT2D eigenvalue weighted by atomic mass is 9.79. The molecule has 2 bridgehead atoms. The molecule has 3 aliphatic heterocycles. The summed E-state index contributed by atoms with van der Waals surface area (Å²) in [5.74, 6) is -0.00835. The molecule has 0 aromatic heterocycles. The molecule has 1 spiro atoms. The van der Waals surface area contributed by atoms with Crippen molar-refractivity contribution >= 4 is 14.2 Å². The zero-order valence-corrected chi connectivity index (χ0v) is 15.1. The molecule has 0 aromatic rings. The molecule has 0 N–H and O–H groups in total. The number of amides is 1. The minimum Gasteiger partial charge on any atom is -0.410 e. The maximum Gasteiger partial charge on any atom is 0.239 e. The Morgan fingerprint density at radius 3 is 2.77 bits per heavy atom. The van der Waals surface area contributed by atoms with E-state index < -0.39 is 13.7 Å². The summed E-state index contributed by atoms with van der Waals surface area (Å²) in [5, 5.41) is 0.781. The van der Waals surface area contributed by atoms with Gasteiger partial charge in [0, 0.05) is 7.05 Å². The largest absolute Gasteiger partial charge is 0.410 e. The van der Waals surface area contributed by atoms with Gasteiger partial charge in [-0.2, -0.15) is 0 Å². The van der Waals surface area contributed by atoms with E-state index in [1.807, 2.05) is 12.2 Å². The highest BCUT2D eigenvalue weighted by Gasteiger charge is 2.63. The van der Waals surface area contributed by atoms with Crippen LogP contribution in [0.4, 0.5) is 0 Å². The molecule has 22 heavy (non-hydrogen) atoms. The highest BCUT2D eigenvalue weighted by atomic mass is 28.4. The van der Waals surface area contributed by atoms with Crippen LogP contribution in [0.5, 0.6) is 0 Å². The number of allylic oxidation sites excluding steroid dienone is 1. The van der Waals surface area contributed by atoms with Crippen molar-refractivity contribution in [2.75, 3.05) is 13.7 Å². The van der Waals surface area contributed by atoms with Crippen molar-refractivity contribution in [3.8, 4) is 0 Å². The van der Waals surface area contributed by atoms with Gasteiger partial charge < -0.3 is 9.33 Å². The molecule has 1 amide bonds. The Balaban J connectivity index is 2.41. The first-order chi connectivity index (χ1) is 11.6. The van der Waals surface area contributed by atoms with Crippen molar-refractivity contribution in [3.05, 3.63) is 35.5 Å². The van der Waals surface area contributed by atoms with Gasteiger partial charge in [0.25, 0.3) is 0 Å². The van der Waals surface area contributed by atoms with Crippen LogP contribution < -0.4 is 0 Å². The maximum atomic E-state index is 13.3. The predicted molar refractivity (Wildman–Crippen MR) is 91.9 cm³/mol. The predicted octanol–water partition coefficient (Wildman–Crippen LogP) is 3.59. The fourth-order valence-corrected chi connectivity index (χ4v) is 9.44. The molecule has 4 aliphatic rings. The zero-order valence-electron chi connectivity index (χ0n) is 17.1. The fourth-order valence-electron chi connectivity index (χ4n) is 4.37. The zero-order chi connectivity index (χ0) is 18.7. The second kappa shape index (κ2) is 4.93. The van der Waals surface area contributed by atoms with Crippen molar-refractivity contribution in [2.45, 2.75) is 51.2 Å². The monoisotopic (exact) mass is 320 g/mol. The number of rotatable bonds is 2. The molecular formula is C18H27NO2Si. The summed E-state index contributed by atoms with van der Waals surface area (Å²) < 4.78 is 31.2. The van der Waals surface area contributed by atoms with E-state index in [0.717, 1.165) is 5.20 Å². The Kier molecular flexibility index (Phi) is 2.76. The van der Waals surface area contributed by atoms with E-state index in [9.17, 15) is 4.79 Å². The summed E-state index contributed by atoms with van der Waals surface area (Å²) in [4.78, 5) is 15.0. The van der Waals surface area contributed by atoms with Crippen molar-refractivity contribution in [1.29, 1.82) is 0 Å². The van der Waals surface area contributed by atoms with Crippen LogP contribution in [-0.2, 0) is 9.22 Å². The van der Waals surface area contributed by atoms with Crippen LogP contribution in [0.25, 0.3) is 0 Å². The number of carbonyl (C=O) groups is 1. The van der Waals surface area contributed by atoms with Crippen molar-refractivity contribution in [1.82, 2.24) is 4.90 Å². The Bertz CT molecular complexity index is 701.